The van der Waals surface area contributed by atoms with Crippen molar-refractivity contribution in [2.45, 2.75) is 50.7 Å². The van der Waals surface area contributed by atoms with Crippen molar-refractivity contribution in [1.29, 1.82) is 0 Å². The fourth-order valence-electron chi connectivity index (χ4n) is 3.15. The van der Waals surface area contributed by atoms with Gasteiger partial charge in [-0.1, -0.05) is 19.3 Å². The number of carbonyl (C=O) groups excluding carboxylic acids is 1. The highest BCUT2D eigenvalue weighted by Crippen LogP contribution is 2.23. The topological polar surface area (TPSA) is 61.4 Å². The van der Waals surface area contributed by atoms with Crippen LogP contribution >= 0.6 is 0 Å². The summed E-state index contributed by atoms with van der Waals surface area (Å²) in [5, 5.41) is 16.4. The van der Waals surface area contributed by atoms with Gasteiger partial charge in [0.25, 0.3) is 5.91 Å². The molecule has 3 N–H and O–H groups in total. The highest BCUT2D eigenvalue weighted by atomic mass is 16.3. The first-order valence-corrected chi connectivity index (χ1v) is 7.60. The highest BCUT2D eigenvalue weighted by Gasteiger charge is 2.24. The number of aliphatic hydroxyl groups excluding tert-OH is 1. The normalized spacial score (nSPS) is 25.4. The van der Waals surface area contributed by atoms with Crippen molar-refractivity contribution in [3.8, 4) is 0 Å². The molecule has 1 saturated carbocycles. The number of carbonyl (C=O) groups is 1. The van der Waals surface area contributed by atoms with Crippen LogP contribution in [0.2, 0.25) is 0 Å². The van der Waals surface area contributed by atoms with E-state index in [2.05, 4.69) is 10.6 Å². The molecule has 0 radical (unpaired) electrons. The van der Waals surface area contributed by atoms with Gasteiger partial charge in [0.2, 0.25) is 0 Å². The Hall–Kier alpha value is -1.55. The molecule has 3 rings (SSSR count). The molecule has 1 aromatic carbocycles. The zero-order valence-electron chi connectivity index (χ0n) is 11.7. The molecule has 1 aliphatic carbocycles. The van der Waals surface area contributed by atoms with Crippen LogP contribution in [-0.4, -0.2) is 29.7 Å². The van der Waals surface area contributed by atoms with Gasteiger partial charge in [0, 0.05) is 17.8 Å². The molecule has 0 bridgehead atoms. The first kappa shape index (κ1) is 13.4. The maximum Gasteiger partial charge on any atom is 0.251 e. The Labute approximate surface area is 119 Å². The Balaban J connectivity index is 1.69. The summed E-state index contributed by atoms with van der Waals surface area (Å²) in [6, 6.07) is 5.70. The third-order valence-electron chi connectivity index (χ3n) is 4.37. The van der Waals surface area contributed by atoms with E-state index in [1.807, 2.05) is 18.2 Å². The first-order valence-electron chi connectivity index (χ1n) is 7.60. The van der Waals surface area contributed by atoms with Gasteiger partial charge in [-0.25, -0.2) is 0 Å². The number of hydrogen-bond acceptors (Lipinski definition) is 3. The van der Waals surface area contributed by atoms with Crippen molar-refractivity contribution < 1.29 is 9.90 Å². The Bertz CT molecular complexity index is 501. The van der Waals surface area contributed by atoms with E-state index in [1.165, 1.54) is 5.56 Å². The number of benzene rings is 1. The summed E-state index contributed by atoms with van der Waals surface area (Å²) in [4.78, 5) is 12.3. The first-order chi connectivity index (χ1) is 9.74. The van der Waals surface area contributed by atoms with Crippen molar-refractivity contribution in [1.82, 2.24) is 5.32 Å². The quantitative estimate of drug-likeness (QED) is 0.724. The van der Waals surface area contributed by atoms with Crippen LogP contribution in [0.5, 0.6) is 0 Å². The molecule has 1 aromatic rings. The third kappa shape index (κ3) is 2.80. The predicted molar refractivity (Wildman–Crippen MR) is 79.0 cm³/mol. The summed E-state index contributed by atoms with van der Waals surface area (Å²) in [6.45, 7) is 0.946. The minimum atomic E-state index is -0.405. The summed E-state index contributed by atoms with van der Waals surface area (Å²) in [5.41, 5.74) is 3.04. The van der Waals surface area contributed by atoms with E-state index < -0.39 is 6.10 Å². The molecular formula is C16H22N2O2. The lowest BCUT2D eigenvalue weighted by molar-refractivity contribution is 0.0818. The summed E-state index contributed by atoms with van der Waals surface area (Å²) in [6.07, 6.45) is 5.51. The van der Waals surface area contributed by atoms with Crippen LogP contribution in [-0.2, 0) is 6.42 Å². The lowest BCUT2D eigenvalue weighted by Gasteiger charge is -2.21. The maximum atomic E-state index is 12.3. The molecule has 2 atom stereocenters. The molecule has 4 heteroatoms. The Morgan fingerprint density at radius 3 is 3.00 bits per heavy atom. The number of anilines is 1. The number of amides is 1. The average Bonchev–Trinajstić information content (AvgIpc) is 2.83. The number of fused-ring (bicyclic) bond motifs is 1. The van der Waals surface area contributed by atoms with Crippen LogP contribution in [0, 0.1) is 0 Å². The molecule has 1 aliphatic heterocycles. The number of rotatable bonds is 2. The lowest BCUT2D eigenvalue weighted by atomic mass is 10.0. The van der Waals surface area contributed by atoms with Crippen molar-refractivity contribution >= 4 is 11.6 Å². The number of aliphatic hydroxyl groups is 1. The molecule has 20 heavy (non-hydrogen) atoms. The molecule has 0 spiro atoms. The molecule has 1 amide bonds. The summed E-state index contributed by atoms with van der Waals surface area (Å²) >= 11 is 0. The van der Waals surface area contributed by atoms with E-state index in [4.69, 9.17) is 0 Å². The molecule has 1 heterocycles. The Morgan fingerprint density at radius 2 is 2.10 bits per heavy atom. The second kappa shape index (κ2) is 5.83. The van der Waals surface area contributed by atoms with E-state index in [9.17, 15) is 9.90 Å². The van der Waals surface area contributed by atoms with Gasteiger partial charge >= 0.3 is 0 Å². The summed E-state index contributed by atoms with van der Waals surface area (Å²) in [5.74, 6) is -0.0642. The molecule has 0 saturated heterocycles. The van der Waals surface area contributed by atoms with Crippen molar-refractivity contribution in [2.75, 3.05) is 11.9 Å². The van der Waals surface area contributed by atoms with Gasteiger partial charge in [0.15, 0.2) is 0 Å². The molecule has 4 nitrogen and oxygen atoms in total. The van der Waals surface area contributed by atoms with Gasteiger partial charge < -0.3 is 15.7 Å². The van der Waals surface area contributed by atoms with Crippen molar-refractivity contribution in [3.05, 3.63) is 29.3 Å². The highest BCUT2D eigenvalue weighted by molar-refractivity contribution is 5.95. The summed E-state index contributed by atoms with van der Waals surface area (Å²) < 4.78 is 0. The van der Waals surface area contributed by atoms with Gasteiger partial charge in [-0.3, -0.25) is 4.79 Å². The second-order valence-electron chi connectivity index (χ2n) is 5.83. The molecule has 2 aliphatic rings. The molecular weight excluding hydrogens is 252 g/mol. The van der Waals surface area contributed by atoms with Gasteiger partial charge in [-0.2, -0.15) is 0 Å². The third-order valence-corrected chi connectivity index (χ3v) is 4.37. The van der Waals surface area contributed by atoms with Crippen LogP contribution in [0.1, 0.15) is 48.0 Å². The van der Waals surface area contributed by atoms with Crippen LogP contribution in [0.25, 0.3) is 0 Å². The Kier molecular flexibility index (Phi) is 3.92. The van der Waals surface area contributed by atoms with Gasteiger partial charge in [0.05, 0.1) is 12.1 Å². The van der Waals surface area contributed by atoms with Gasteiger partial charge in [0.1, 0.15) is 0 Å². The van der Waals surface area contributed by atoms with E-state index in [0.29, 0.717) is 5.56 Å². The van der Waals surface area contributed by atoms with Crippen LogP contribution in [0.3, 0.4) is 0 Å². The minimum absolute atomic E-state index is 0.0642. The fraction of sp³-hybridized carbons (Fsp3) is 0.562. The standard InChI is InChI=1S/C16H22N2O2/c19-15-5-3-1-2-4-14(15)18-16(20)12-6-7-13-11(10-12)8-9-17-13/h6-7,10,14-15,17,19H,1-5,8-9H2,(H,18,20). The second-order valence-corrected chi connectivity index (χ2v) is 5.83. The van der Waals surface area contributed by atoms with Crippen LogP contribution in [0.15, 0.2) is 18.2 Å². The van der Waals surface area contributed by atoms with Gasteiger partial charge in [-0.05, 0) is 43.0 Å². The molecule has 1 fully saturated rings. The summed E-state index contributed by atoms with van der Waals surface area (Å²) in [7, 11) is 0. The van der Waals surface area contributed by atoms with E-state index in [0.717, 1.165) is 50.8 Å². The van der Waals surface area contributed by atoms with Crippen LogP contribution < -0.4 is 10.6 Å². The average molecular weight is 274 g/mol. The van der Waals surface area contributed by atoms with E-state index in [-0.39, 0.29) is 11.9 Å². The Morgan fingerprint density at radius 1 is 1.25 bits per heavy atom. The molecule has 108 valence electrons. The zero-order chi connectivity index (χ0) is 13.9. The fourth-order valence-corrected chi connectivity index (χ4v) is 3.15. The van der Waals surface area contributed by atoms with E-state index >= 15 is 0 Å². The minimum Gasteiger partial charge on any atom is -0.391 e. The smallest absolute Gasteiger partial charge is 0.251 e. The molecule has 0 aromatic heterocycles. The monoisotopic (exact) mass is 274 g/mol. The van der Waals surface area contributed by atoms with Crippen molar-refractivity contribution in [2.24, 2.45) is 0 Å². The number of nitrogens with one attached hydrogen (secondary N) is 2. The van der Waals surface area contributed by atoms with Crippen LogP contribution in [0.4, 0.5) is 5.69 Å². The lowest BCUT2D eigenvalue weighted by Crippen LogP contribution is -2.42. The number of hydrogen-bond donors (Lipinski definition) is 3. The largest absolute Gasteiger partial charge is 0.391 e. The molecule has 2 unspecified atom stereocenters. The van der Waals surface area contributed by atoms with Gasteiger partial charge in [-0.15, -0.1) is 0 Å². The predicted octanol–water partition coefficient (Wildman–Crippen LogP) is 2.08. The SMILES string of the molecule is O=C(NC1CCCCCC1O)c1ccc2c(c1)CCN2. The maximum absolute atomic E-state index is 12.3. The van der Waals surface area contributed by atoms with Crippen molar-refractivity contribution in [3.63, 3.8) is 0 Å². The zero-order valence-corrected chi connectivity index (χ0v) is 11.7. The van der Waals surface area contributed by atoms with E-state index in [1.54, 1.807) is 0 Å².